The van der Waals surface area contributed by atoms with Crippen LogP contribution in [0.15, 0.2) is 37.4 Å². The minimum absolute atomic E-state index is 0.0487. The number of unbranched alkanes of at least 4 members (excludes halogenated alkanes) is 1. The number of hydrogen-bond donors (Lipinski definition) is 1. The van der Waals surface area contributed by atoms with Crippen LogP contribution >= 0.6 is 11.6 Å². The van der Waals surface area contributed by atoms with E-state index in [4.69, 9.17) is 25.8 Å². The monoisotopic (exact) mass is 682 g/mol. The lowest BCUT2D eigenvalue weighted by atomic mass is 9.85. The van der Waals surface area contributed by atoms with Crippen molar-refractivity contribution in [3.63, 3.8) is 0 Å². The summed E-state index contributed by atoms with van der Waals surface area (Å²) < 4.78 is 18.2. The van der Waals surface area contributed by atoms with Crippen molar-refractivity contribution in [2.45, 2.75) is 117 Å². The van der Waals surface area contributed by atoms with Crippen LogP contribution in [-0.2, 0) is 19.1 Å². The van der Waals surface area contributed by atoms with E-state index in [2.05, 4.69) is 28.4 Å². The fourth-order valence-corrected chi connectivity index (χ4v) is 6.71. The number of carbonyl (C=O) groups is 3. The molecular formula is C37H51ClN4O6. The van der Waals surface area contributed by atoms with Crippen molar-refractivity contribution in [1.29, 1.82) is 0 Å². The van der Waals surface area contributed by atoms with Crippen LogP contribution in [0.3, 0.4) is 0 Å². The summed E-state index contributed by atoms with van der Waals surface area (Å²) in [4.78, 5) is 52.3. The molecule has 1 aliphatic carbocycles. The number of amides is 2. The topological polar surface area (TPSA) is 120 Å². The number of ether oxygens (including phenoxy) is 3. The summed E-state index contributed by atoms with van der Waals surface area (Å²) in [5, 5.41) is 3.37. The standard InChI is InChI=1S/C37H51ClN4O6/c1-10-12-13-15-23-16-14-17-28(23)47-35(45)41-31(36(4,5)6)33(43)42-21-29(22(3)30(42)34(44)48-37(7,8)9)46-32-25(11-2)39-26-19-18-24(38)20-27(26)40-32/h10-11,18-20,22-23,28-31H,1-2,12-17,21H2,3-9H3,(H,41,45)/t22-,23-,28-,29+,30+,31-/m1/s1. The zero-order valence-electron chi connectivity index (χ0n) is 29.4. The van der Waals surface area contributed by atoms with Crippen LogP contribution in [0.5, 0.6) is 5.88 Å². The molecule has 0 radical (unpaired) electrons. The number of rotatable bonds is 11. The van der Waals surface area contributed by atoms with Gasteiger partial charge >= 0.3 is 12.1 Å². The lowest BCUT2D eigenvalue weighted by Crippen LogP contribution is -2.58. The Hall–Kier alpha value is -3.66. The molecule has 1 saturated heterocycles. The van der Waals surface area contributed by atoms with Crippen molar-refractivity contribution in [2.24, 2.45) is 17.3 Å². The van der Waals surface area contributed by atoms with Gasteiger partial charge in [0.05, 0.1) is 17.6 Å². The Labute approximate surface area is 289 Å². The number of nitrogens with zero attached hydrogens (tertiary/aromatic N) is 3. The number of hydrogen-bond acceptors (Lipinski definition) is 8. The van der Waals surface area contributed by atoms with Gasteiger partial charge < -0.3 is 24.4 Å². The predicted octanol–water partition coefficient (Wildman–Crippen LogP) is 7.53. The van der Waals surface area contributed by atoms with Gasteiger partial charge in [-0.2, -0.15) is 0 Å². The van der Waals surface area contributed by atoms with Crippen LogP contribution in [0.1, 0.15) is 92.7 Å². The highest BCUT2D eigenvalue weighted by Crippen LogP contribution is 2.35. The molecule has 2 amide bonds. The highest BCUT2D eigenvalue weighted by atomic mass is 35.5. The number of alkyl carbamates (subject to hydrolysis) is 1. The van der Waals surface area contributed by atoms with E-state index in [1.165, 1.54) is 4.90 Å². The van der Waals surface area contributed by atoms with E-state index >= 15 is 0 Å². The van der Waals surface area contributed by atoms with Crippen LogP contribution in [0.25, 0.3) is 17.1 Å². The molecule has 48 heavy (non-hydrogen) atoms. The minimum Gasteiger partial charge on any atom is -0.471 e. The maximum atomic E-state index is 14.5. The summed E-state index contributed by atoms with van der Waals surface area (Å²) in [7, 11) is 0. The predicted molar refractivity (Wildman–Crippen MR) is 188 cm³/mol. The fourth-order valence-electron chi connectivity index (χ4n) is 6.54. The number of fused-ring (bicyclic) bond motifs is 1. The molecule has 2 heterocycles. The first-order valence-electron chi connectivity index (χ1n) is 16.9. The number of likely N-dealkylation sites (tertiary alicyclic amines) is 1. The van der Waals surface area contributed by atoms with Crippen molar-refractivity contribution < 1.29 is 28.6 Å². The highest BCUT2D eigenvalue weighted by Gasteiger charge is 2.51. The van der Waals surface area contributed by atoms with E-state index in [0.29, 0.717) is 21.7 Å². The summed E-state index contributed by atoms with van der Waals surface area (Å²) in [6.07, 6.45) is 7.61. The molecule has 262 valence electrons. The maximum absolute atomic E-state index is 14.5. The van der Waals surface area contributed by atoms with Crippen LogP contribution in [0, 0.1) is 17.3 Å². The molecule has 6 atom stereocenters. The van der Waals surface area contributed by atoms with Crippen LogP contribution in [0.4, 0.5) is 4.79 Å². The lowest BCUT2D eigenvalue weighted by molar-refractivity contribution is -0.165. The number of halogens is 1. The van der Waals surface area contributed by atoms with Crippen LogP contribution < -0.4 is 10.1 Å². The van der Waals surface area contributed by atoms with Gasteiger partial charge in [0.1, 0.15) is 35.6 Å². The molecule has 1 aliphatic heterocycles. The maximum Gasteiger partial charge on any atom is 0.408 e. The fraction of sp³-hybridized carbons (Fsp3) is 0.595. The van der Waals surface area contributed by atoms with Gasteiger partial charge in [-0.05, 0) is 94.9 Å². The summed E-state index contributed by atoms with van der Waals surface area (Å²) in [6.45, 7) is 20.5. The highest BCUT2D eigenvalue weighted by molar-refractivity contribution is 6.31. The number of allylic oxidation sites excluding steroid dienone is 1. The Morgan fingerprint density at radius 2 is 1.81 bits per heavy atom. The van der Waals surface area contributed by atoms with E-state index in [1.807, 2.05) is 33.8 Å². The Morgan fingerprint density at radius 3 is 2.46 bits per heavy atom. The third-order valence-electron chi connectivity index (χ3n) is 9.01. The van der Waals surface area contributed by atoms with Crippen molar-refractivity contribution in [1.82, 2.24) is 20.2 Å². The smallest absolute Gasteiger partial charge is 0.408 e. The number of aromatic nitrogens is 2. The molecule has 0 bridgehead atoms. The number of esters is 1. The third-order valence-corrected chi connectivity index (χ3v) is 9.25. The molecule has 2 aliphatic rings. The Kier molecular flexibility index (Phi) is 11.8. The summed E-state index contributed by atoms with van der Waals surface area (Å²) >= 11 is 6.21. The molecule has 2 fully saturated rings. The number of benzene rings is 1. The van der Waals surface area contributed by atoms with Crippen LogP contribution in [0.2, 0.25) is 5.02 Å². The van der Waals surface area contributed by atoms with Gasteiger partial charge in [-0.15, -0.1) is 6.58 Å². The van der Waals surface area contributed by atoms with Crippen molar-refractivity contribution in [3.8, 4) is 5.88 Å². The lowest BCUT2D eigenvalue weighted by Gasteiger charge is -2.36. The minimum atomic E-state index is -0.993. The Balaban J connectivity index is 1.60. The average molecular weight is 683 g/mol. The number of carbonyl (C=O) groups excluding carboxylic acids is 3. The van der Waals surface area contributed by atoms with Gasteiger partial charge in [0, 0.05) is 10.9 Å². The van der Waals surface area contributed by atoms with E-state index in [-0.39, 0.29) is 24.4 Å². The molecular weight excluding hydrogens is 632 g/mol. The van der Waals surface area contributed by atoms with E-state index < -0.39 is 53.1 Å². The molecule has 11 heteroatoms. The van der Waals surface area contributed by atoms with E-state index in [1.54, 1.807) is 45.0 Å². The Bertz CT molecular complexity index is 1520. The normalized spacial score (nSPS) is 23.4. The zero-order valence-corrected chi connectivity index (χ0v) is 30.1. The van der Waals surface area contributed by atoms with Gasteiger partial charge in [-0.3, -0.25) is 4.79 Å². The average Bonchev–Trinajstić information content (AvgIpc) is 3.57. The first-order chi connectivity index (χ1) is 22.5. The molecule has 0 spiro atoms. The van der Waals surface area contributed by atoms with Gasteiger partial charge in [-0.25, -0.2) is 19.6 Å². The molecule has 0 unspecified atom stereocenters. The summed E-state index contributed by atoms with van der Waals surface area (Å²) in [5.41, 5.74) is 0.0672. The summed E-state index contributed by atoms with van der Waals surface area (Å²) in [5.74, 6) is -0.994. The molecule has 10 nitrogen and oxygen atoms in total. The van der Waals surface area contributed by atoms with Crippen LogP contribution in [-0.4, -0.2) is 69.3 Å². The molecule has 2 aromatic rings. The second-order valence-electron chi connectivity index (χ2n) is 15.0. The SMILES string of the molecule is C=CCCC[C@@H]1CCC[C@H]1OC(=O)N[C@H](C(=O)N1C[C@H](Oc2nc3cc(Cl)ccc3nc2C=C)[C@@H](C)[C@H]1C(=O)OC(C)(C)C)C(C)(C)C. The second-order valence-corrected chi connectivity index (χ2v) is 15.5. The van der Waals surface area contributed by atoms with E-state index in [0.717, 1.165) is 38.5 Å². The van der Waals surface area contributed by atoms with Gasteiger partial charge in [-0.1, -0.05) is 52.0 Å². The van der Waals surface area contributed by atoms with Gasteiger partial charge in [0.2, 0.25) is 11.8 Å². The van der Waals surface area contributed by atoms with Crippen molar-refractivity contribution in [2.75, 3.05) is 6.54 Å². The van der Waals surface area contributed by atoms with Crippen molar-refractivity contribution in [3.05, 3.63) is 48.1 Å². The van der Waals surface area contributed by atoms with Crippen molar-refractivity contribution >= 4 is 46.7 Å². The number of nitrogens with one attached hydrogen (secondary N) is 1. The Morgan fingerprint density at radius 1 is 1.08 bits per heavy atom. The van der Waals surface area contributed by atoms with Gasteiger partial charge in [0.25, 0.3) is 0 Å². The molecule has 1 saturated carbocycles. The first kappa shape index (κ1) is 37.2. The molecule has 1 aromatic heterocycles. The first-order valence-corrected chi connectivity index (χ1v) is 17.3. The molecule has 1 N–H and O–H groups in total. The zero-order chi connectivity index (χ0) is 35.4. The largest absolute Gasteiger partial charge is 0.471 e. The summed E-state index contributed by atoms with van der Waals surface area (Å²) in [6, 6.07) is 3.20. The third kappa shape index (κ3) is 9.07. The molecule has 1 aromatic carbocycles. The quantitative estimate of drug-likeness (QED) is 0.147. The molecule has 4 rings (SSSR count). The van der Waals surface area contributed by atoms with Gasteiger partial charge in [0.15, 0.2) is 0 Å². The second kappa shape index (κ2) is 15.3. The van der Waals surface area contributed by atoms with E-state index in [9.17, 15) is 14.4 Å².